The monoisotopic (exact) mass is 887 g/mol. The molecule has 1 saturated carbocycles. The van der Waals surface area contributed by atoms with Crippen molar-refractivity contribution in [1.29, 1.82) is 0 Å². The van der Waals surface area contributed by atoms with Crippen molar-refractivity contribution in [2.24, 2.45) is 10.2 Å². The van der Waals surface area contributed by atoms with E-state index in [1.54, 1.807) is 6.92 Å². The number of carbonyl (C=O) groups excluding carboxylic acids is 6. The van der Waals surface area contributed by atoms with Crippen LogP contribution in [0.5, 0.6) is 0 Å². The van der Waals surface area contributed by atoms with Crippen molar-refractivity contribution in [3.63, 3.8) is 0 Å². The summed E-state index contributed by atoms with van der Waals surface area (Å²) in [6.45, 7) is 6.40. The zero-order valence-electron chi connectivity index (χ0n) is 25.5. The number of esters is 5. The molecule has 0 saturated heterocycles. The summed E-state index contributed by atoms with van der Waals surface area (Å²) in [5.74, 6) is -4.19. The van der Waals surface area contributed by atoms with Crippen molar-refractivity contribution in [1.82, 2.24) is 0 Å². The first-order valence-corrected chi connectivity index (χ1v) is 32.6. The number of amides is 1. The van der Waals surface area contributed by atoms with Gasteiger partial charge in [-0.05, 0) is 24.6 Å². The summed E-state index contributed by atoms with van der Waals surface area (Å²) >= 11 is 0. The summed E-state index contributed by atoms with van der Waals surface area (Å²) in [5, 5.41) is 7.56. The Morgan fingerprint density at radius 3 is 1.61 bits per heavy atom. The van der Waals surface area contributed by atoms with E-state index in [2.05, 4.69) is 21.1 Å². The van der Waals surface area contributed by atoms with Gasteiger partial charge in [0.25, 0.3) is 6.10 Å². The number of azo groups is 1. The number of halogens is 6. The predicted octanol–water partition coefficient (Wildman–Crippen LogP) is 6.24. The topological polar surface area (TPSA) is 187 Å². The van der Waals surface area contributed by atoms with Gasteiger partial charge in [-0.1, -0.05) is 10.2 Å². The number of rotatable bonds is 11. The molecule has 15 nitrogen and oxygen atoms in total. The summed E-state index contributed by atoms with van der Waals surface area (Å²) < 4.78 is 30.9. The van der Waals surface area contributed by atoms with Crippen LogP contribution in [-0.2, 0) is 52.4 Å². The van der Waals surface area contributed by atoms with Crippen molar-refractivity contribution < 1.29 is 57.2 Å². The first-order chi connectivity index (χ1) is 20.7. The molecule has 0 aromatic rings. The van der Waals surface area contributed by atoms with Crippen LogP contribution in [-0.4, -0.2) is 88.4 Å². The Morgan fingerprint density at radius 1 is 0.739 bits per heavy atom. The number of hydrogen-bond donors (Lipinski definition) is 0. The third-order valence-electron chi connectivity index (χ3n) is 5.04. The van der Waals surface area contributed by atoms with Crippen LogP contribution in [0, 0.1) is 6.07 Å². The third-order valence-corrected chi connectivity index (χ3v) is 5.04. The van der Waals surface area contributed by atoms with E-state index in [1.165, 1.54) is 0 Å². The Bertz CT molecular complexity index is 1220. The Kier molecular flexibility index (Phi) is 17.7. The fourth-order valence-electron chi connectivity index (χ4n) is 3.64. The molecule has 1 amide bonds. The van der Waals surface area contributed by atoms with Crippen molar-refractivity contribution in [2.75, 3.05) is 13.2 Å². The molecule has 1 fully saturated rings. The van der Waals surface area contributed by atoms with Crippen molar-refractivity contribution >= 4 is 98.1 Å². The zero-order valence-corrected chi connectivity index (χ0v) is 32.6. The molecule has 264 valence electrons. The molecule has 1 aliphatic carbocycles. The Balaban J connectivity index is 0.00000258. The fourth-order valence-corrected chi connectivity index (χ4v) is 3.64. The molecule has 46 heavy (non-hydrogen) atoms. The van der Waals surface area contributed by atoms with Gasteiger partial charge in [0.05, 0.1) is 19.4 Å². The van der Waals surface area contributed by atoms with E-state index < -0.39 is 81.8 Å². The predicted molar refractivity (Wildman–Crippen MR) is 170 cm³/mol. The standard InChI is InChI=1S/C24H34N3O12.6ClH.Sb/c1-7-34-23(33)26-27-24(10-8-9-11-24)25-12-19(36-15(3)29)21(38-17(5)31)22(39-18(6)32)20(37-16(4)30)13-35-14(2)28;;;;;;;/h19-22H,7-11,13H2,1-6H3;6*1H;/q+1;;;;;;;+5/p-6/b27-26+;;;;;;;/t19-,20-,21+,22-;;;;;;;/m1......./s1. The van der Waals surface area contributed by atoms with Gasteiger partial charge in [0.1, 0.15) is 6.61 Å². The second-order valence-corrected chi connectivity index (χ2v) is 66.3. The molecular formula is C24H34Cl6N3O12Sb. The normalized spacial score (nSPS) is 17.8. The minimum atomic E-state index is -5.42. The number of nitrogens with zero attached hydrogens (tertiary/aromatic N) is 3. The fraction of sp³-hybridized carbons (Fsp3) is 0.708. The summed E-state index contributed by atoms with van der Waals surface area (Å²) in [6.07, 6.45) is -5.23. The van der Waals surface area contributed by atoms with E-state index in [-0.39, 0.29) is 6.61 Å². The van der Waals surface area contributed by atoms with Crippen LogP contribution in [0.25, 0.3) is 4.85 Å². The van der Waals surface area contributed by atoms with Crippen molar-refractivity contribution in [3.05, 3.63) is 4.85 Å². The van der Waals surface area contributed by atoms with E-state index in [0.29, 0.717) is 25.7 Å². The van der Waals surface area contributed by atoms with Gasteiger partial charge < -0.3 is 28.4 Å². The molecule has 1 rings (SSSR count). The summed E-state index contributed by atoms with van der Waals surface area (Å²) in [7, 11) is 25.0. The van der Waals surface area contributed by atoms with E-state index in [1.807, 2.05) is 0 Å². The van der Waals surface area contributed by atoms with Gasteiger partial charge in [-0.15, -0.1) is 0 Å². The summed E-state index contributed by atoms with van der Waals surface area (Å²) in [5.41, 5.74) is -1.25. The van der Waals surface area contributed by atoms with Crippen LogP contribution in [0.3, 0.4) is 0 Å². The molecule has 0 aromatic carbocycles. The maximum absolute atomic E-state index is 12.1. The van der Waals surface area contributed by atoms with Crippen LogP contribution in [0.15, 0.2) is 10.2 Å². The van der Waals surface area contributed by atoms with Crippen molar-refractivity contribution in [3.8, 4) is 6.07 Å². The van der Waals surface area contributed by atoms with E-state index in [9.17, 15) is 28.8 Å². The molecule has 0 bridgehead atoms. The molecule has 0 N–H and O–H groups in total. The van der Waals surface area contributed by atoms with Crippen LogP contribution in [0.2, 0.25) is 0 Å². The van der Waals surface area contributed by atoms with E-state index >= 15 is 0 Å². The molecule has 0 radical (unpaired) electrons. The van der Waals surface area contributed by atoms with Gasteiger partial charge in [-0.2, -0.15) is 0 Å². The van der Waals surface area contributed by atoms with Gasteiger partial charge in [0.15, 0.2) is 18.3 Å². The van der Waals surface area contributed by atoms with Crippen LogP contribution in [0.1, 0.15) is 67.2 Å². The average molecular weight is 891 g/mol. The minimum absolute atomic E-state index is 0.0905. The molecule has 0 unspecified atom stereocenters. The number of hydrogen-bond acceptors (Lipinski definition) is 13. The maximum atomic E-state index is 12.1. The average Bonchev–Trinajstić information content (AvgIpc) is 3.32. The first kappa shape index (κ1) is 44.5. The third kappa shape index (κ3) is 23.7. The van der Waals surface area contributed by atoms with Crippen LogP contribution >= 0.6 is 53.0 Å². The van der Waals surface area contributed by atoms with Gasteiger partial charge in [-0.25, -0.2) is 4.79 Å². The van der Waals surface area contributed by atoms with E-state index in [4.69, 9.17) is 81.4 Å². The Labute approximate surface area is 285 Å². The molecule has 4 atom stereocenters. The Morgan fingerprint density at radius 2 is 1.20 bits per heavy atom. The number of ether oxygens (including phenoxy) is 6. The van der Waals surface area contributed by atoms with Crippen LogP contribution < -0.4 is 0 Å². The van der Waals surface area contributed by atoms with Crippen molar-refractivity contribution in [2.45, 2.75) is 97.3 Å². The molecule has 0 spiro atoms. The quantitative estimate of drug-likeness (QED) is 0.0985. The molecular weight excluding hydrogens is 857 g/mol. The second kappa shape index (κ2) is 18.3. The molecule has 1 aliphatic rings. The molecule has 0 heterocycles. The molecule has 0 aromatic heterocycles. The molecule has 0 aliphatic heterocycles. The van der Waals surface area contributed by atoms with Crippen LogP contribution in [0.4, 0.5) is 4.79 Å². The first-order valence-electron chi connectivity index (χ1n) is 13.2. The summed E-state index contributed by atoms with van der Waals surface area (Å²) in [6, 6.07) is 2.58. The molecule has 22 heteroatoms. The SMILES string of the molecule is CCOC(=O)/N=N/C1([N+]#C[C@@H](OC(C)=O)[C@H](OC(C)=O)[C@H](OC(C)=O)[C@@H](COC(C)=O)OC(C)=O)CCCC1.[Cl][Sb-]([Cl])([Cl])([Cl])([Cl])[Cl]. The second-order valence-electron chi connectivity index (χ2n) is 9.42. The summed E-state index contributed by atoms with van der Waals surface area (Å²) in [4.78, 5) is 75.3. The van der Waals surface area contributed by atoms with Gasteiger partial charge in [-0.3, -0.25) is 24.0 Å². The number of carbonyl (C=O) groups is 6. The zero-order chi connectivity index (χ0) is 36.0. The Hall–Kier alpha value is -1.53. The van der Waals surface area contributed by atoms with Gasteiger partial charge >= 0.3 is 110 Å². The van der Waals surface area contributed by atoms with Gasteiger partial charge in [0.2, 0.25) is 0 Å². The van der Waals surface area contributed by atoms with E-state index in [0.717, 1.165) is 34.6 Å². The van der Waals surface area contributed by atoms with Gasteiger partial charge in [0, 0.05) is 34.6 Å².